The summed E-state index contributed by atoms with van der Waals surface area (Å²) < 4.78 is 4.07. The Morgan fingerprint density at radius 1 is 1.12 bits per heavy atom. The molecule has 1 N–H and O–H groups in total. The van der Waals surface area contributed by atoms with E-state index in [1.807, 2.05) is 55.1 Å². The second-order valence-electron chi connectivity index (χ2n) is 6.66. The molecule has 0 aromatic heterocycles. The first kappa shape index (κ1) is 19.7. The molecule has 1 aliphatic heterocycles. The van der Waals surface area contributed by atoms with Crippen molar-refractivity contribution in [1.82, 2.24) is 10.2 Å². The minimum absolute atomic E-state index is 0.0111. The fraction of sp³-hybridized carbons (Fsp3) is 0.421. The van der Waals surface area contributed by atoms with Crippen molar-refractivity contribution in [3.63, 3.8) is 0 Å². The predicted molar refractivity (Wildman–Crippen MR) is 107 cm³/mol. The van der Waals surface area contributed by atoms with Crippen molar-refractivity contribution in [2.75, 3.05) is 13.1 Å². The minimum atomic E-state index is -1.67. The van der Waals surface area contributed by atoms with Crippen LogP contribution >= 0.6 is 34.8 Å². The fourth-order valence-electron chi connectivity index (χ4n) is 3.43. The number of hydrogen-bond acceptors (Lipinski definition) is 3. The number of halogens is 3. The van der Waals surface area contributed by atoms with Crippen LogP contribution < -0.4 is 5.32 Å². The summed E-state index contributed by atoms with van der Waals surface area (Å²) in [5.41, 5.74) is 0.553. The van der Waals surface area contributed by atoms with Crippen LogP contribution in [0.1, 0.15) is 24.2 Å². The lowest BCUT2D eigenvalue weighted by Crippen LogP contribution is -2.60. The molecule has 2 aromatic carbocycles. The largest absolute Gasteiger partial charge is 0.373 e. The first-order valence-corrected chi connectivity index (χ1v) is 9.64. The third-order valence-corrected chi connectivity index (χ3v) is 5.05. The van der Waals surface area contributed by atoms with E-state index in [2.05, 4.69) is 5.32 Å². The third kappa shape index (κ3) is 4.44. The maximum atomic E-state index is 13.0. The van der Waals surface area contributed by atoms with E-state index in [1.165, 1.54) is 0 Å². The molecular weight excluding hydrogens is 395 g/mol. The van der Waals surface area contributed by atoms with Crippen molar-refractivity contribution in [3.8, 4) is 0 Å². The number of morpholine rings is 1. The number of ether oxygens (including phenoxy) is 1. The van der Waals surface area contributed by atoms with Crippen molar-refractivity contribution >= 4 is 51.5 Å². The Balaban J connectivity index is 1.88. The lowest BCUT2D eigenvalue weighted by Gasteiger charge is -2.42. The molecule has 140 valence electrons. The highest BCUT2D eigenvalue weighted by molar-refractivity contribution is 6.68. The van der Waals surface area contributed by atoms with Gasteiger partial charge in [-0.05, 0) is 30.7 Å². The zero-order chi connectivity index (χ0) is 18.9. The highest BCUT2D eigenvalue weighted by atomic mass is 35.6. The molecule has 1 heterocycles. The number of carbonyl (C=O) groups excluding carboxylic acids is 1. The van der Waals surface area contributed by atoms with E-state index in [0.717, 1.165) is 10.8 Å². The summed E-state index contributed by atoms with van der Waals surface area (Å²) in [5, 5.41) is 4.76. The maximum absolute atomic E-state index is 13.0. The van der Waals surface area contributed by atoms with Gasteiger partial charge in [0.1, 0.15) is 6.17 Å². The van der Waals surface area contributed by atoms with Gasteiger partial charge in [-0.1, -0.05) is 71.2 Å². The number of amides is 1. The molecule has 1 fully saturated rings. The number of hydrogen-bond donors (Lipinski definition) is 1. The van der Waals surface area contributed by atoms with E-state index in [4.69, 9.17) is 39.5 Å². The summed E-state index contributed by atoms with van der Waals surface area (Å²) in [6, 6.07) is 13.3. The number of alkyl halides is 3. The monoisotopic (exact) mass is 414 g/mol. The van der Waals surface area contributed by atoms with Crippen LogP contribution in [0.25, 0.3) is 10.8 Å². The van der Waals surface area contributed by atoms with Crippen LogP contribution in [0.2, 0.25) is 0 Å². The van der Waals surface area contributed by atoms with Crippen LogP contribution in [-0.4, -0.2) is 46.1 Å². The molecule has 0 saturated carbocycles. The molecule has 7 heteroatoms. The van der Waals surface area contributed by atoms with Crippen molar-refractivity contribution < 1.29 is 9.53 Å². The predicted octanol–water partition coefficient (Wildman–Crippen LogP) is 4.38. The smallest absolute Gasteiger partial charge is 0.253 e. The summed E-state index contributed by atoms with van der Waals surface area (Å²) in [5.74, 6) is -0.273. The van der Waals surface area contributed by atoms with Crippen molar-refractivity contribution in [2.45, 2.75) is 36.0 Å². The van der Waals surface area contributed by atoms with Gasteiger partial charge in [-0.2, -0.15) is 0 Å². The molecule has 2 aromatic rings. The number of benzene rings is 2. The van der Waals surface area contributed by atoms with Crippen LogP contribution in [0.3, 0.4) is 0 Å². The van der Waals surface area contributed by atoms with Gasteiger partial charge in [0, 0.05) is 18.7 Å². The highest BCUT2D eigenvalue weighted by Gasteiger charge is 2.41. The molecule has 0 spiro atoms. The second kappa shape index (κ2) is 7.91. The Morgan fingerprint density at radius 2 is 1.73 bits per heavy atom. The Morgan fingerprint density at radius 3 is 2.38 bits per heavy atom. The molecule has 0 bridgehead atoms. The zero-order valence-electron chi connectivity index (χ0n) is 14.6. The van der Waals surface area contributed by atoms with Crippen LogP contribution in [0.5, 0.6) is 0 Å². The van der Waals surface area contributed by atoms with Gasteiger partial charge in [0.2, 0.25) is 3.79 Å². The van der Waals surface area contributed by atoms with Crippen LogP contribution in [-0.2, 0) is 4.74 Å². The Labute approximate surface area is 168 Å². The van der Waals surface area contributed by atoms with E-state index in [9.17, 15) is 4.79 Å². The minimum Gasteiger partial charge on any atom is -0.373 e. The molecule has 26 heavy (non-hydrogen) atoms. The number of nitrogens with zero attached hydrogens (tertiary/aromatic N) is 1. The van der Waals surface area contributed by atoms with Crippen molar-refractivity contribution in [2.24, 2.45) is 0 Å². The fourth-order valence-corrected chi connectivity index (χ4v) is 4.01. The molecule has 0 unspecified atom stereocenters. The Hall–Kier alpha value is -1.04. The number of rotatable bonds is 3. The van der Waals surface area contributed by atoms with Gasteiger partial charge >= 0.3 is 0 Å². The van der Waals surface area contributed by atoms with E-state index >= 15 is 0 Å². The summed E-state index contributed by atoms with van der Waals surface area (Å²) >= 11 is 18.6. The van der Waals surface area contributed by atoms with Gasteiger partial charge in [0.05, 0.1) is 12.2 Å². The van der Waals surface area contributed by atoms with Crippen LogP contribution in [0, 0.1) is 0 Å². The first-order chi connectivity index (χ1) is 12.3. The van der Waals surface area contributed by atoms with Crippen LogP contribution in [0.4, 0.5) is 0 Å². The molecule has 1 aliphatic rings. The molecule has 1 amide bonds. The standard InChI is InChI=1S/C19H21Cl3N2O2/c1-12-10-24(11-13(2)26-12)18(19(20,21)22)23-17(25)16-9-5-7-14-6-3-4-8-15(14)16/h3-9,12-13,18H,10-11H2,1-2H3,(H,23,25)/t12-,13-,18-/m1/s1. The van der Waals surface area contributed by atoms with Gasteiger partial charge in [0.25, 0.3) is 5.91 Å². The van der Waals surface area contributed by atoms with Crippen molar-refractivity contribution in [3.05, 3.63) is 48.0 Å². The van der Waals surface area contributed by atoms with E-state index in [-0.39, 0.29) is 18.1 Å². The highest BCUT2D eigenvalue weighted by Crippen LogP contribution is 2.34. The Bertz CT molecular complexity index is 778. The maximum Gasteiger partial charge on any atom is 0.253 e. The normalized spacial score (nSPS) is 23.0. The number of nitrogens with one attached hydrogen (secondary N) is 1. The van der Waals surface area contributed by atoms with Gasteiger partial charge in [-0.25, -0.2) is 0 Å². The van der Waals surface area contributed by atoms with Gasteiger partial charge in [0.15, 0.2) is 0 Å². The van der Waals surface area contributed by atoms with Gasteiger partial charge in [-0.3, -0.25) is 9.69 Å². The molecule has 3 rings (SSSR count). The SMILES string of the molecule is C[C@@H]1CN([C@@H](NC(=O)c2cccc3ccccc23)C(Cl)(Cl)Cl)C[C@@H](C)O1. The number of carbonyl (C=O) groups is 1. The average Bonchev–Trinajstić information content (AvgIpc) is 2.57. The third-order valence-electron chi connectivity index (χ3n) is 4.43. The van der Waals surface area contributed by atoms with E-state index in [0.29, 0.717) is 18.7 Å². The summed E-state index contributed by atoms with van der Waals surface area (Å²) in [6.45, 7) is 5.06. The van der Waals surface area contributed by atoms with Crippen LogP contribution in [0.15, 0.2) is 42.5 Å². The summed E-state index contributed by atoms with van der Waals surface area (Å²) in [7, 11) is 0. The molecule has 0 radical (unpaired) electrons. The molecule has 3 atom stereocenters. The molecule has 0 aliphatic carbocycles. The van der Waals surface area contributed by atoms with Crippen molar-refractivity contribution in [1.29, 1.82) is 0 Å². The molecule has 1 saturated heterocycles. The lowest BCUT2D eigenvalue weighted by molar-refractivity contribution is -0.0826. The quantitative estimate of drug-likeness (QED) is 0.757. The average molecular weight is 416 g/mol. The van der Waals surface area contributed by atoms with E-state index < -0.39 is 9.96 Å². The number of fused-ring (bicyclic) bond motifs is 1. The summed E-state index contributed by atoms with van der Waals surface area (Å²) in [6.07, 6.45) is -0.779. The second-order valence-corrected chi connectivity index (χ2v) is 9.02. The zero-order valence-corrected chi connectivity index (χ0v) is 16.9. The first-order valence-electron chi connectivity index (χ1n) is 8.50. The van der Waals surface area contributed by atoms with E-state index in [1.54, 1.807) is 6.07 Å². The molecular formula is C19H21Cl3N2O2. The van der Waals surface area contributed by atoms with Gasteiger partial charge < -0.3 is 10.1 Å². The molecule has 4 nitrogen and oxygen atoms in total. The van der Waals surface area contributed by atoms with Gasteiger partial charge in [-0.15, -0.1) is 0 Å². The lowest BCUT2D eigenvalue weighted by atomic mass is 10.0. The Kier molecular flexibility index (Phi) is 6.00. The topological polar surface area (TPSA) is 41.6 Å². The summed E-state index contributed by atoms with van der Waals surface area (Å²) in [4.78, 5) is 14.9.